The molecule has 0 saturated carbocycles. The Kier molecular flexibility index (Phi) is 5.97. The third-order valence-electron chi connectivity index (χ3n) is 4.96. The molecule has 0 unspecified atom stereocenters. The van der Waals surface area contributed by atoms with E-state index < -0.39 is 0 Å². The van der Waals surface area contributed by atoms with Crippen LogP contribution in [0.5, 0.6) is 0 Å². The van der Waals surface area contributed by atoms with Crippen LogP contribution in [0.2, 0.25) is 0 Å². The molecule has 0 bridgehead atoms. The highest BCUT2D eigenvalue weighted by Gasteiger charge is 2.11. The van der Waals surface area contributed by atoms with E-state index in [0.29, 0.717) is 12.8 Å². The Hall–Kier alpha value is -2.73. The van der Waals surface area contributed by atoms with Crippen molar-refractivity contribution in [1.82, 2.24) is 9.97 Å². The van der Waals surface area contributed by atoms with Gasteiger partial charge in [-0.1, -0.05) is 0 Å². The second-order valence-electron chi connectivity index (χ2n) is 7.02. The summed E-state index contributed by atoms with van der Waals surface area (Å²) in [5, 5.41) is 5.98. The van der Waals surface area contributed by atoms with E-state index in [2.05, 4.69) is 32.3 Å². The summed E-state index contributed by atoms with van der Waals surface area (Å²) in [6, 6.07) is 12.1. The van der Waals surface area contributed by atoms with Gasteiger partial charge in [0.25, 0.3) is 0 Å². The van der Waals surface area contributed by atoms with Gasteiger partial charge in [0.15, 0.2) is 0 Å². The average Bonchev–Trinajstić information content (AvgIpc) is 3.23. The van der Waals surface area contributed by atoms with E-state index in [1.165, 1.54) is 24.9 Å². The van der Waals surface area contributed by atoms with Crippen LogP contribution in [0.25, 0.3) is 10.6 Å². The van der Waals surface area contributed by atoms with Crippen LogP contribution in [0, 0.1) is 0 Å². The normalized spacial score (nSPS) is 14.1. The first-order chi connectivity index (χ1) is 13.8. The largest absolute Gasteiger partial charge is 0.372 e. The lowest BCUT2D eigenvalue weighted by Gasteiger charge is -2.28. The molecule has 28 heavy (non-hydrogen) atoms. The Bertz CT molecular complexity index is 902. The molecule has 3 aromatic rings. The highest BCUT2D eigenvalue weighted by atomic mass is 32.1. The minimum Gasteiger partial charge on any atom is -0.372 e. The molecule has 1 aliphatic rings. The zero-order valence-electron chi connectivity index (χ0n) is 15.8. The van der Waals surface area contributed by atoms with E-state index in [1.807, 2.05) is 29.6 Å². The van der Waals surface area contributed by atoms with Crippen LogP contribution in [0.15, 0.2) is 54.2 Å². The minimum absolute atomic E-state index is 0.0178. The summed E-state index contributed by atoms with van der Waals surface area (Å²) >= 11 is 1.60. The van der Waals surface area contributed by atoms with Crippen LogP contribution in [-0.2, 0) is 11.2 Å². The highest BCUT2D eigenvalue weighted by molar-refractivity contribution is 7.13. The summed E-state index contributed by atoms with van der Waals surface area (Å²) in [6.07, 6.45) is 8.44. The van der Waals surface area contributed by atoms with Gasteiger partial charge in [0.1, 0.15) is 5.01 Å². The van der Waals surface area contributed by atoms with Gasteiger partial charge < -0.3 is 10.2 Å². The van der Waals surface area contributed by atoms with E-state index >= 15 is 0 Å². The molecular formula is C22H24N4OS. The lowest BCUT2D eigenvalue weighted by atomic mass is 10.1. The van der Waals surface area contributed by atoms with Gasteiger partial charge in [-0.3, -0.25) is 9.78 Å². The monoisotopic (exact) mass is 392 g/mol. The Balaban J connectivity index is 1.28. The number of hydrogen-bond donors (Lipinski definition) is 1. The lowest BCUT2D eigenvalue weighted by Crippen LogP contribution is -2.29. The summed E-state index contributed by atoms with van der Waals surface area (Å²) in [5.74, 6) is 0.0178. The number of rotatable bonds is 6. The van der Waals surface area contributed by atoms with Crippen molar-refractivity contribution in [2.45, 2.75) is 32.1 Å². The molecule has 1 aromatic carbocycles. The number of nitrogens with one attached hydrogen (secondary N) is 1. The van der Waals surface area contributed by atoms with E-state index in [9.17, 15) is 4.79 Å². The number of aryl methyl sites for hydroxylation is 1. The van der Waals surface area contributed by atoms with Gasteiger partial charge in [-0.25, -0.2) is 4.98 Å². The van der Waals surface area contributed by atoms with E-state index in [4.69, 9.17) is 0 Å². The molecule has 3 heterocycles. The number of pyridine rings is 1. The number of nitrogens with zero attached hydrogens (tertiary/aromatic N) is 3. The molecule has 0 atom stereocenters. The number of carbonyl (C=O) groups excluding carboxylic acids is 1. The van der Waals surface area contributed by atoms with Gasteiger partial charge >= 0.3 is 0 Å². The van der Waals surface area contributed by atoms with Crippen molar-refractivity contribution in [3.8, 4) is 10.6 Å². The smallest absolute Gasteiger partial charge is 0.224 e. The maximum Gasteiger partial charge on any atom is 0.224 e. The summed E-state index contributed by atoms with van der Waals surface area (Å²) < 4.78 is 0. The molecule has 1 aliphatic heterocycles. The van der Waals surface area contributed by atoms with Gasteiger partial charge in [0.2, 0.25) is 5.91 Å². The molecule has 4 rings (SSSR count). The summed E-state index contributed by atoms with van der Waals surface area (Å²) in [6.45, 7) is 2.25. The first-order valence-electron chi connectivity index (χ1n) is 9.77. The Morgan fingerprint density at radius 2 is 1.79 bits per heavy atom. The Labute approximate surface area is 169 Å². The number of carbonyl (C=O) groups is 1. The predicted octanol–water partition coefficient (Wildman–Crippen LogP) is 4.77. The second-order valence-corrected chi connectivity index (χ2v) is 7.88. The van der Waals surface area contributed by atoms with Gasteiger partial charge in [0.05, 0.1) is 5.69 Å². The van der Waals surface area contributed by atoms with E-state index in [-0.39, 0.29) is 5.91 Å². The highest BCUT2D eigenvalue weighted by Crippen LogP contribution is 2.24. The molecule has 0 spiro atoms. The standard InChI is InChI=1S/C22H24N4OS/c27-21(9-6-19-16-28-22(25-19)17-10-12-23-13-11-17)24-18-4-7-20(8-5-18)26-14-2-1-3-15-26/h4-5,7-8,10-13,16H,1-3,6,9,14-15H2,(H,24,27). The van der Waals surface area contributed by atoms with Gasteiger partial charge in [-0.05, 0) is 62.1 Å². The summed E-state index contributed by atoms with van der Waals surface area (Å²) in [7, 11) is 0. The third-order valence-corrected chi connectivity index (χ3v) is 5.90. The second kappa shape index (κ2) is 8.97. The fourth-order valence-electron chi connectivity index (χ4n) is 3.42. The zero-order valence-corrected chi connectivity index (χ0v) is 16.6. The number of anilines is 2. The third kappa shape index (κ3) is 4.75. The predicted molar refractivity (Wildman–Crippen MR) is 115 cm³/mol. The van der Waals surface area contributed by atoms with Crippen molar-refractivity contribution in [3.63, 3.8) is 0 Å². The number of hydrogen-bond acceptors (Lipinski definition) is 5. The number of aromatic nitrogens is 2. The van der Waals surface area contributed by atoms with Gasteiger partial charge in [-0.15, -0.1) is 11.3 Å². The van der Waals surface area contributed by atoms with E-state index in [0.717, 1.165) is 35.0 Å². The van der Waals surface area contributed by atoms with Crippen LogP contribution in [0.3, 0.4) is 0 Å². The van der Waals surface area contributed by atoms with Crippen LogP contribution < -0.4 is 10.2 Å². The Morgan fingerprint density at radius 1 is 1.04 bits per heavy atom. The van der Waals surface area contributed by atoms with Crippen molar-refractivity contribution in [2.24, 2.45) is 0 Å². The zero-order chi connectivity index (χ0) is 19.2. The molecule has 1 fully saturated rings. The van der Waals surface area contributed by atoms with Crippen LogP contribution in [-0.4, -0.2) is 29.0 Å². The van der Waals surface area contributed by atoms with Crippen molar-refractivity contribution in [2.75, 3.05) is 23.3 Å². The van der Waals surface area contributed by atoms with Crippen molar-refractivity contribution in [1.29, 1.82) is 0 Å². The van der Waals surface area contributed by atoms with Crippen LogP contribution in [0.1, 0.15) is 31.4 Å². The molecule has 0 aliphatic carbocycles. The average molecular weight is 393 g/mol. The lowest BCUT2D eigenvalue weighted by molar-refractivity contribution is -0.116. The van der Waals surface area contributed by atoms with Crippen LogP contribution in [0.4, 0.5) is 11.4 Å². The Morgan fingerprint density at radius 3 is 2.54 bits per heavy atom. The molecule has 1 saturated heterocycles. The quantitative estimate of drug-likeness (QED) is 0.657. The molecule has 0 radical (unpaired) electrons. The first kappa shape index (κ1) is 18.6. The topological polar surface area (TPSA) is 58.1 Å². The summed E-state index contributed by atoms with van der Waals surface area (Å²) in [5.41, 5.74) is 4.10. The van der Waals surface area contributed by atoms with Crippen molar-refractivity contribution >= 4 is 28.6 Å². The fraction of sp³-hybridized carbons (Fsp3) is 0.318. The molecule has 1 N–H and O–H groups in total. The first-order valence-corrected chi connectivity index (χ1v) is 10.7. The molecule has 1 amide bonds. The summed E-state index contributed by atoms with van der Waals surface area (Å²) in [4.78, 5) is 23.4. The molecular weight excluding hydrogens is 368 g/mol. The maximum absolute atomic E-state index is 12.3. The van der Waals surface area contributed by atoms with Crippen molar-refractivity contribution in [3.05, 3.63) is 59.9 Å². The molecule has 6 heteroatoms. The fourth-order valence-corrected chi connectivity index (χ4v) is 4.28. The van der Waals surface area contributed by atoms with Crippen molar-refractivity contribution < 1.29 is 4.79 Å². The van der Waals surface area contributed by atoms with Gasteiger partial charge in [-0.2, -0.15) is 0 Å². The van der Waals surface area contributed by atoms with Gasteiger partial charge in [0, 0.05) is 54.2 Å². The molecule has 5 nitrogen and oxygen atoms in total. The van der Waals surface area contributed by atoms with E-state index in [1.54, 1.807) is 23.7 Å². The maximum atomic E-state index is 12.3. The molecule has 144 valence electrons. The van der Waals surface area contributed by atoms with Crippen LogP contribution >= 0.6 is 11.3 Å². The number of thiazole rings is 1. The number of amides is 1. The SMILES string of the molecule is O=C(CCc1csc(-c2ccncc2)n1)Nc1ccc(N2CCCCC2)cc1. The molecule has 2 aromatic heterocycles. The number of piperidine rings is 1. The minimum atomic E-state index is 0.0178. The number of benzene rings is 1.